The summed E-state index contributed by atoms with van der Waals surface area (Å²) in [7, 11) is 0. The van der Waals surface area contributed by atoms with Gasteiger partial charge in [-0.25, -0.2) is 9.97 Å². The summed E-state index contributed by atoms with van der Waals surface area (Å²) in [6.07, 6.45) is 0.00800. The fourth-order valence-corrected chi connectivity index (χ4v) is 4.62. The van der Waals surface area contributed by atoms with Gasteiger partial charge < -0.3 is 9.73 Å². The van der Waals surface area contributed by atoms with Crippen molar-refractivity contribution >= 4 is 28.6 Å². The van der Waals surface area contributed by atoms with Crippen molar-refractivity contribution in [2.45, 2.75) is 48.8 Å². The third-order valence-corrected chi connectivity index (χ3v) is 6.17. The molecule has 5 nitrogen and oxygen atoms in total. The Labute approximate surface area is 175 Å². The van der Waals surface area contributed by atoms with Gasteiger partial charge in [-0.3, -0.25) is 4.79 Å². The van der Waals surface area contributed by atoms with Crippen LogP contribution in [-0.2, 0) is 5.75 Å². The lowest BCUT2D eigenvalue weighted by Gasteiger charge is -2.30. The first-order valence-electron chi connectivity index (χ1n) is 9.69. The summed E-state index contributed by atoms with van der Waals surface area (Å²) in [6, 6.07) is 8.47. The van der Waals surface area contributed by atoms with Crippen LogP contribution >= 0.6 is 11.8 Å². The zero-order chi connectivity index (χ0) is 21.1. The number of nitrogens with zero attached hydrogens (tertiary/aromatic N) is 2. The number of carbonyl (C=O) groups excluding carboxylic acids is 1. The number of fused-ring (bicyclic) bond motifs is 1. The van der Waals surface area contributed by atoms with Crippen LogP contribution in [0.2, 0.25) is 0 Å². The van der Waals surface area contributed by atoms with E-state index in [1.54, 1.807) is 30.6 Å². The molecule has 2 aromatic heterocycles. The molecule has 4 rings (SSSR count). The number of carbonyl (C=O) groups is 1. The molecule has 2 atom stereocenters. The zero-order valence-corrected chi connectivity index (χ0v) is 16.8. The maximum Gasteiger partial charge on any atom is 0.391 e. The number of nitrogens with one attached hydrogen (secondary N) is 1. The number of amides is 1. The molecule has 1 amide bonds. The third kappa shape index (κ3) is 4.61. The number of rotatable bonds is 5. The van der Waals surface area contributed by atoms with Crippen LogP contribution in [-0.4, -0.2) is 28.1 Å². The standard InChI is InChI=1S/C21H20F3N3O2S/c22-21(23,24)13-5-3-6-14(11-13)27-19(28)18-16(12-30-20-25-9-4-10-26-20)15-7-1-2-8-17(15)29-18/h1-2,4,7-10,13-14H,3,5-6,11-12H2,(H,27,28). The molecule has 1 N–H and O–H groups in total. The Bertz CT molecular complexity index is 1020. The van der Waals surface area contributed by atoms with Gasteiger partial charge in [0, 0.05) is 35.1 Å². The number of hydrogen-bond donors (Lipinski definition) is 1. The van der Waals surface area contributed by atoms with E-state index in [0.29, 0.717) is 34.9 Å². The molecule has 1 aliphatic carbocycles. The van der Waals surface area contributed by atoms with Crippen molar-refractivity contribution in [2.24, 2.45) is 5.92 Å². The highest BCUT2D eigenvalue weighted by molar-refractivity contribution is 7.98. The van der Waals surface area contributed by atoms with Crippen molar-refractivity contribution < 1.29 is 22.4 Å². The van der Waals surface area contributed by atoms with Crippen molar-refractivity contribution in [1.82, 2.24) is 15.3 Å². The lowest BCUT2D eigenvalue weighted by atomic mass is 9.85. The van der Waals surface area contributed by atoms with Gasteiger partial charge >= 0.3 is 6.18 Å². The molecule has 2 heterocycles. The first-order chi connectivity index (χ1) is 14.4. The van der Waals surface area contributed by atoms with Gasteiger partial charge in [-0.15, -0.1) is 0 Å². The summed E-state index contributed by atoms with van der Waals surface area (Å²) in [4.78, 5) is 21.3. The Morgan fingerprint density at radius 1 is 1.17 bits per heavy atom. The molecule has 1 aliphatic rings. The normalized spacial score (nSPS) is 19.7. The number of alkyl halides is 3. The lowest BCUT2D eigenvalue weighted by Crippen LogP contribution is -2.41. The quantitative estimate of drug-likeness (QED) is 0.431. The minimum absolute atomic E-state index is 0.0998. The van der Waals surface area contributed by atoms with Crippen molar-refractivity contribution in [3.05, 3.63) is 54.0 Å². The van der Waals surface area contributed by atoms with E-state index in [4.69, 9.17) is 4.42 Å². The predicted molar refractivity (Wildman–Crippen MR) is 107 cm³/mol. The van der Waals surface area contributed by atoms with E-state index in [1.165, 1.54) is 11.8 Å². The van der Waals surface area contributed by atoms with Crippen LogP contribution in [0.25, 0.3) is 11.0 Å². The van der Waals surface area contributed by atoms with E-state index in [9.17, 15) is 18.0 Å². The van der Waals surface area contributed by atoms with Gasteiger partial charge in [0.2, 0.25) is 0 Å². The number of para-hydroxylation sites is 1. The zero-order valence-electron chi connectivity index (χ0n) is 16.0. The predicted octanol–water partition coefficient (Wildman–Crippen LogP) is 5.37. The van der Waals surface area contributed by atoms with E-state index >= 15 is 0 Å². The molecule has 1 fully saturated rings. The molecule has 9 heteroatoms. The van der Waals surface area contributed by atoms with Gasteiger partial charge in [-0.1, -0.05) is 36.4 Å². The summed E-state index contributed by atoms with van der Waals surface area (Å²) < 4.78 is 45.1. The lowest BCUT2D eigenvalue weighted by molar-refractivity contribution is -0.183. The average Bonchev–Trinajstić information content (AvgIpc) is 3.11. The Morgan fingerprint density at radius 3 is 2.70 bits per heavy atom. The van der Waals surface area contributed by atoms with Gasteiger partial charge in [-0.2, -0.15) is 13.2 Å². The minimum atomic E-state index is -4.24. The number of furan rings is 1. The van der Waals surface area contributed by atoms with E-state index in [-0.39, 0.29) is 18.6 Å². The average molecular weight is 435 g/mol. The van der Waals surface area contributed by atoms with Crippen LogP contribution in [0.3, 0.4) is 0 Å². The van der Waals surface area contributed by atoms with Gasteiger partial charge in [-0.05, 0) is 31.4 Å². The molecule has 0 radical (unpaired) electrons. The summed E-state index contributed by atoms with van der Waals surface area (Å²) >= 11 is 1.36. The number of benzene rings is 1. The summed E-state index contributed by atoms with van der Waals surface area (Å²) in [6.45, 7) is 0. The van der Waals surface area contributed by atoms with Gasteiger partial charge in [0.25, 0.3) is 5.91 Å². The molecular formula is C21H20F3N3O2S. The first-order valence-corrected chi connectivity index (χ1v) is 10.7. The van der Waals surface area contributed by atoms with Gasteiger partial charge in [0.15, 0.2) is 10.9 Å². The molecule has 0 saturated heterocycles. The van der Waals surface area contributed by atoms with Crippen LogP contribution < -0.4 is 5.32 Å². The second-order valence-corrected chi connectivity index (χ2v) is 8.24. The highest BCUT2D eigenvalue weighted by Crippen LogP contribution is 2.38. The third-order valence-electron chi connectivity index (χ3n) is 5.26. The van der Waals surface area contributed by atoms with Crippen molar-refractivity contribution in [1.29, 1.82) is 0 Å². The van der Waals surface area contributed by atoms with E-state index in [1.807, 2.05) is 12.1 Å². The molecule has 158 valence electrons. The van der Waals surface area contributed by atoms with E-state index in [0.717, 1.165) is 5.39 Å². The molecule has 0 aliphatic heterocycles. The number of halogens is 3. The maximum atomic E-state index is 13.1. The molecule has 2 unspecified atom stereocenters. The Hall–Kier alpha value is -2.55. The monoisotopic (exact) mass is 435 g/mol. The Balaban J connectivity index is 1.54. The van der Waals surface area contributed by atoms with Crippen LogP contribution in [0, 0.1) is 5.92 Å². The molecule has 0 spiro atoms. The molecular weight excluding hydrogens is 415 g/mol. The van der Waals surface area contributed by atoms with E-state index < -0.39 is 24.0 Å². The fourth-order valence-electron chi connectivity index (χ4n) is 3.79. The Kier molecular flexibility index (Phi) is 5.99. The summed E-state index contributed by atoms with van der Waals surface area (Å²) in [5, 5.41) is 4.12. The maximum absolute atomic E-state index is 13.1. The van der Waals surface area contributed by atoms with Crippen molar-refractivity contribution in [3.63, 3.8) is 0 Å². The molecule has 1 aromatic carbocycles. The molecule has 1 saturated carbocycles. The molecule has 3 aromatic rings. The van der Waals surface area contributed by atoms with Crippen LogP contribution in [0.5, 0.6) is 0 Å². The summed E-state index contributed by atoms with van der Waals surface area (Å²) in [5.74, 6) is -1.32. The van der Waals surface area contributed by atoms with Gasteiger partial charge in [0.05, 0.1) is 5.92 Å². The highest BCUT2D eigenvalue weighted by atomic mass is 32.2. The second kappa shape index (κ2) is 8.67. The minimum Gasteiger partial charge on any atom is -0.451 e. The fraction of sp³-hybridized carbons (Fsp3) is 0.381. The van der Waals surface area contributed by atoms with Crippen LogP contribution in [0.4, 0.5) is 13.2 Å². The first kappa shape index (κ1) is 20.7. The Morgan fingerprint density at radius 2 is 1.93 bits per heavy atom. The number of hydrogen-bond acceptors (Lipinski definition) is 5. The van der Waals surface area contributed by atoms with Crippen LogP contribution in [0.15, 0.2) is 52.3 Å². The highest BCUT2D eigenvalue weighted by Gasteiger charge is 2.42. The smallest absolute Gasteiger partial charge is 0.391 e. The second-order valence-electron chi connectivity index (χ2n) is 7.30. The topological polar surface area (TPSA) is 68.0 Å². The van der Waals surface area contributed by atoms with Crippen LogP contribution in [0.1, 0.15) is 41.8 Å². The van der Waals surface area contributed by atoms with Crippen molar-refractivity contribution in [3.8, 4) is 0 Å². The molecule has 0 bridgehead atoms. The molecule has 30 heavy (non-hydrogen) atoms. The van der Waals surface area contributed by atoms with Gasteiger partial charge in [0.1, 0.15) is 5.58 Å². The SMILES string of the molecule is O=C(NC1CCCC(C(F)(F)F)C1)c1oc2ccccc2c1CSc1ncccn1. The summed E-state index contributed by atoms with van der Waals surface area (Å²) in [5.41, 5.74) is 1.24. The number of aromatic nitrogens is 2. The van der Waals surface area contributed by atoms with Crippen molar-refractivity contribution in [2.75, 3.05) is 0 Å². The van der Waals surface area contributed by atoms with E-state index in [2.05, 4.69) is 15.3 Å². The largest absolute Gasteiger partial charge is 0.451 e. The number of thioether (sulfide) groups is 1.